The molecule has 0 saturated heterocycles. The summed E-state index contributed by atoms with van der Waals surface area (Å²) in [5.41, 5.74) is 0.519. The van der Waals surface area contributed by atoms with Crippen LogP contribution in [0.25, 0.3) is 0 Å². The first-order valence-corrected chi connectivity index (χ1v) is 9.61. The van der Waals surface area contributed by atoms with Gasteiger partial charge < -0.3 is 0 Å². The van der Waals surface area contributed by atoms with Gasteiger partial charge in [0, 0.05) is 0 Å². The highest BCUT2D eigenvalue weighted by Crippen LogP contribution is 2.34. The first-order valence-electron chi connectivity index (χ1n) is 9.61. The maximum atomic E-state index is 2.45. The van der Waals surface area contributed by atoms with Crippen LogP contribution in [0, 0.1) is 11.3 Å². The fourth-order valence-corrected chi connectivity index (χ4v) is 3.74. The van der Waals surface area contributed by atoms with Crippen LogP contribution in [0.5, 0.6) is 0 Å². The summed E-state index contributed by atoms with van der Waals surface area (Å²) in [6.07, 6.45) is 22.2. The van der Waals surface area contributed by atoms with Crippen LogP contribution in [0.1, 0.15) is 117 Å². The average Bonchev–Trinajstić information content (AvgIpc) is 2.37. The predicted octanol–water partition coefficient (Wildman–Crippen LogP) is 7.51. The van der Waals surface area contributed by atoms with Crippen LogP contribution in [0.4, 0.5) is 0 Å². The molecule has 1 rings (SSSR count). The largest absolute Gasteiger partial charge is 0.0599 e. The van der Waals surface area contributed by atoms with Crippen molar-refractivity contribution in [3.8, 4) is 0 Å². The van der Waals surface area contributed by atoms with Crippen LogP contribution in [-0.4, -0.2) is 0 Å². The highest BCUT2D eigenvalue weighted by Gasteiger charge is 2.23. The molecule has 1 fully saturated rings. The molecular formula is C20H40. The zero-order chi connectivity index (χ0) is 14.7. The smallest absolute Gasteiger partial charge is 0.0354 e. The third kappa shape index (κ3) is 9.03. The number of hydrogen-bond donors (Lipinski definition) is 0. The van der Waals surface area contributed by atoms with E-state index in [0.29, 0.717) is 5.41 Å². The third-order valence-corrected chi connectivity index (χ3v) is 5.33. The van der Waals surface area contributed by atoms with Crippen molar-refractivity contribution in [2.75, 3.05) is 0 Å². The molecule has 0 heterocycles. The Labute approximate surface area is 129 Å². The van der Waals surface area contributed by atoms with E-state index in [4.69, 9.17) is 0 Å². The number of rotatable bonds is 0. The van der Waals surface area contributed by atoms with Gasteiger partial charge in [-0.25, -0.2) is 0 Å². The third-order valence-electron chi connectivity index (χ3n) is 5.33. The summed E-state index contributed by atoms with van der Waals surface area (Å²) in [6, 6.07) is 0. The molecule has 0 aliphatic heterocycles. The first-order chi connectivity index (χ1) is 9.61. The van der Waals surface area contributed by atoms with E-state index in [1.54, 1.807) is 0 Å². The summed E-state index contributed by atoms with van der Waals surface area (Å²) in [6.45, 7) is 7.36. The van der Waals surface area contributed by atoms with Crippen molar-refractivity contribution in [1.82, 2.24) is 0 Å². The zero-order valence-electron chi connectivity index (χ0n) is 14.7. The quantitative estimate of drug-likeness (QED) is 0.430. The van der Waals surface area contributed by atoms with E-state index < -0.39 is 0 Å². The maximum Gasteiger partial charge on any atom is -0.0354 e. The van der Waals surface area contributed by atoms with Gasteiger partial charge in [-0.1, -0.05) is 104 Å². The Hall–Kier alpha value is 0. The van der Waals surface area contributed by atoms with Gasteiger partial charge in [0.15, 0.2) is 0 Å². The molecule has 0 nitrogen and oxygen atoms in total. The summed E-state index contributed by atoms with van der Waals surface area (Å²) in [5.74, 6) is 0.954. The molecule has 20 heavy (non-hydrogen) atoms. The van der Waals surface area contributed by atoms with E-state index in [1.807, 2.05) is 0 Å². The Morgan fingerprint density at radius 3 is 0.950 bits per heavy atom. The van der Waals surface area contributed by atoms with E-state index in [-0.39, 0.29) is 0 Å². The molecular weight excluding hydrogens is 240 g/mol. The van der Waals surface area contributed by atoms with Crippen molar-refractivity contribution in [2.24, 2.45) is 11.3 Å². The minimum absolute atomic E-state index is 0.519. The maximum absolute atomic E-state index is 2.45. The number of hydrogen-bond acceptors (Lipinski definition) is 0. The Morgan fingerprint density at radius 2 is 0.700 bits per heavy atom. The molecule has 0 N–H and O–H groups in total. The monoisotopic (exact) mass is 280 g/mol. The van der Waals surface area contributed by atoms with Gasteiger partial charge in [-0.3, -0.25) is 0 Å². The molecule has 1 saturated carbocycles. The highest BCUT2D eigenvalue weighted by atomic mass is 14.3. The molecule has 0 atom stereocenters. The van der Waals surface area contributed by atoms with Crippen LogP contribution in [0.3, 0.4) is 0 Å². The molecule has 1 aliphatic rings. The SMILES string of the molecule is CC(C)(C)C1CCCCCCCCCCCCCCC1. The lowest BCUT2D eigenvalue weighted by Gasteiger charge is -2.31. The molecule has 0 unspecified atom stereocenters. The minimum Gasteiger partial charge on any atom is -0.0599 e. The Kier molecular flexibility index (Phi) is 9.65. The molecule has 0 aromatic rings. The van der Waals surface area contributed by atoms with Crippen molar-refractivity contribution < 1.29 is 0 Å². The Morgan fingerprint density at radius 1 is 0.450 bits per heavy atom. The fraction of sp³-hybridized carbons (Fsp3) is 1.00. The molecule has 1 aliphatic carbocycles. The zero-order valence-corrected chi connectivity index (χ0v) is 14.7. The van der Waals surface area contributed by atoms with Crippen LogP contribution < -0.4 is 0 Å². The van der Waals surface area contributed by atoms with Gasteiger partial charge in [0.05, 0.1) is 0 Å². The fourth-order valence-electron chi connectivity index (χ4n) is 3.74. The Bertz CT molecular complexity index is 195. The molecule has 0 heteroatoms. The van der Waals surface area contributed by atoms with Gasteiger partial charge in [-0.05, 0) is 24.2 Å². The molecule has 0 spiro atoms. The summed E-state index contributed by atoms with van der Waals surface area (Å²) in [7, 11) is 0. The van der Waals surface area contributed by atoms with E-state index in [0.717, 1.165) is 5.92 Å². The lowest BCUT2D eigenvalue weighted by atomic mass is 9.75. The van der Waals surface area contributed by atoms with Crippen molar-refractivity contribution in [3.05, 3.63) is 0 Å². The standard InChI is InChI=1S/C20H40/c1-20(2,3)19-17-15-13-11-9-7-5-4-6-8-10-12-14-16-18-19/h19H,4-18H2,1-3H3. The van der Waals surface area contributed by atoms with E-state index >= 15 is 0 Å². The minimum atomic E-state index is 0.519. The normalized spacial score (nSPS) is 23.6. The Balaban J connectivity index is 2.32. The lowest BCUT2D eigenvalue weighted by Crippen LogP contribution is -2.20. The first kappa shape index (κ1) is 18.1. The molecule has 0 aromatic carbocycles. The second-order valence-corrected chi connectivity index (χ2v) is 8.24. The second-order valence-electron chi connectivity index (χ2n) is 8.24. The average molecular weight is 281 g/mol. The second kappa shape index (κ2) is 10.7. The van der Waals surface area contributed by atoms with E-state index in [1.165, 1.54) is 96.3 Å². The van der Waals surface area contributed by atoms with Crippen molar-refractivity contribution in [2.45, 2.75) is 117 Å². The molecule has 120 valence electrons. The summed E-state index contributed by atoms with van der Waals surface area (Å²) in [4.78, 5) is 0. The highest BCUT2D eigenvalue weighted by molar-refractivity contribution is 4.74. The van der Waals surface area contributed by atoms with Crippen LogP contribution in [-0.2, 0) is 0 Å². The van der Waals surface area contributed by atoms with Gasteiger partial charge in [0.1, 0.15) is 0 Å². The van der Waals surface area contributed by atoms with Crippen molar-refractivity contribution in [1.29, 1.82) is 0 Å². The van der Waals surface area contributed by atoms with E-state index in [2.05, 4.69) is 20.8 Å². The van der Waals surface area contributed by atoms with Crippen LogP contribution in [0.15, 0.2) is 0 Å². The van der Waals surface area contributed by atoms with Gasteiger partial charge >= 0.3 is 0 Å². The molecule has 0 bridgehead atoms. The predicted molar refractivity (Wildman–Crippen MR) is 92.2 cm³/mol. The van der Waals surface area contributed by atoms with E-state index in [9.17, 15) is 0 Å². The van der Waals surface area contributed by atoms with Gasteiger partial charge in [-0.15, -0.1) is 0 Å². The summed E-state index contributed by atoms with van der Waals surface area (Å²) >= 11 is 0. The lowest BCUT2D eigenvalue weighted by molar-refractivity contribution is 0.200. The topological polar surface area (TPSA) is 0 Å². The van der Waals surface area contributed by atoms with Crippen LogP contribution >= 0.6 is 0 Å². The van der Waals surface area contributed by atoms with Crippen LogP contribution in [0.2, 0.25) is 0 Å². The molecule has 0 aromatic heterocycles. The molecule has 0 amide bonds. The van der Waals surface area contributed by atoms with Gasteiger partial charge in [0.25, 0.3) is 0 Å². The van der Waals surface area contributed by atoms with Gasteiger partial charge in [0.2, 0.25) is 0 Å². The molecule has 0 radical (unpaired) electrons. The summed E-state index contributed by atoms with van der Waals surface area (Å²) < 4.78 is 0. The van der Waals surface area contributed by atoms with Gasteiger partial charge in [-0.2, -0.15) is 0 Å². The summed E-state index contributed by atoms with van der Waals surface area (Å²) in [5, 5.41) is 0. The van der Waals surface area contributed by atoms with Crippen molar-refractivity contribution in [3.63, 3.8) is 0 Å². The van der Waals surface area contributed by atoms with Crippen molar-refractivity contribution >= 4 is 0 Å².